The molecule has 0 saturated carbocycles. The summed E-state index contributed by atoms with van der Waals surface area (Å²) in [5.74, 6) is 0.101. The fourth-order valence-corrected chi connectivity index (χ4v) is 1.46. The first-order chi connectivity index (χ1) is 7.92. The lowest BCUT2D eigenvalue weighted by atomic mass is 10.2. The van der Waals surface area contributed by atoms with Crippen LogP contribution in [0.1, 0.15) is 19.4 Å². The number of rotatable bonds is 3. The number of ether oxygens (including phenoxy) is 1. The molecule has 0 aliphatic heterocycles. The zero-order valence-corrected chi connectivity index (χ0v) is 11.1. The van der Waals surface area contributed by atoms with Crippen molar-refractivity contribution >= 4 is 15.9 Å². The van der Waals surface area contributed by atoms with Gasteiger partial charge in [-0.15, -0.1) is 0 Å². The molecular weight excluding hydrogens is 301 g/mol. The maximum Gasteiger partial charge on any atom is 0.422 e. The second-order valence-electron chi connectivity index (χ2n) is 2.83. The van der Waals surface area contributed by atoms with E-state index in [4.69, 9.17) is 5.11 Å². The van der Waals surface area contributed by atoms with Gasteiger partial charge in [-0.3, -0.25) is 0 Å². The Morgan fingerprint density at radius 3 is 2.29 bits per heavy atom. The molecule has 0 bridgehead atoms. The van der Waals surface area contributed by atoms with E-state index >= 15 is 0 Å². The molecule has 1 aromatic carbocycles. The van der Waals surface area contributed by atoms with E-state index in [1.165, 1.54) is 18.2 Å². The Kier molecular flexibility index (Phi) is 7.22. The summed E-state index contributed by atoms with van der Waals surface area (Å²) in [7, 11) is 0. The molecule has 0 saturated heterocycles. The average Bonchev–Trinajstić information content (AvgIpc) is 2.29. The molecule has 1 aromatic rings. The van der Waals surface area contributed by atoms with Crippen LogP contribution >= 0.6 is 15.9 Å². The van der Waals surface area contributed by atoms with Crippen molar-refractivity contribution in [3.8, 4) is 5.75 Å². The van der Waals surface area contributed by atoms with Crippen LogP contribution in [0.4, 0.5) is 13.2 Å². The van der Waals surface area contributed by atoms with Crippen LogP contribution in [0.2, 0.25) is 0 Å². The molecule has 2 nitrogen and oxygen atoms in total. The van der Waals surface area contributed by atoms with Crippen molar-refractivity contribution in [1.82, 2.24) is 0 Å². The third-order valence-corrected chi connectivity index (χ3v) is 2.19. The monoisotopic (exact) mass is 314 g/mol. The molecular formula is C11H14BrF3O2. The highest BCUT2D eigenvalue weighted by molar-refractivity contribution is 9.10. The summed E-state index contributed by atoms with van der Waals surface area (Å²) in [6.45, 7) is 2.50. The minimum absolute atomic E-state index is 0.101. The molecule has 0 heterocycles. The Labute approximate surface area is 107 Å². The van der Waals surface area contributed by atoms with Gasteiger partial charge in [0, 0.05) is 0 Å². The molecule has 98 valence electrons. The number of hydrogen-bond acceptors (Lipinski definition) is 2. The molecule has 0 aliphatic carbocycles. The number of halogens is 4. The second-order valence-corrected chi connectivity index (χ2v) is 3.68. The van der Waals surface area contributed by atoms with E-state index in [0.29, 0.717) is 10.0 Å². The van der Waals surface area contributed by atoms with Crippen molar-refractivity contribution in [3.05, 3.63) is 28.2 Å². The summed E-state index contributed by atoms with van der Waals surface area (Å²) in [6.07, 6.45) is -4.35. The maximum absolute atomic E-state index is 11.8. The predicted octanol–water partition coefficient (Wildman–Crippen LogP) is 3.91. The molecule has 6 heteroatoms. The molecule has 0 amide bonds. The molecule has 0 unspecified atom stereocenters. The second kappa shape index (κ2) is 7.55. The van der Waals surface area contributed by atoms with Crippen LogP contribution in [0.5, 0.6) is 5.75 Å². The van der Waals surface area contributed by atoms with E-state index in [-0.39, 0.29) is 12.4 Å². The van der Waals surface area contributed by atoms with Crippen LogP contribution in [0.15, 0.2) is 22.7 Å². The third kappa shape index (κ3) is 6.53. The lowest BCUT2D eigenvalue weighted by Crippen LogP contribution is -2.19. The van der Waals surface area contributed by atoms with Crippen LogP contribution in [0, 0.1) is 0 Å². The van der Waals surface area contributed by atoms with Crippen LogP contribution in [-0.4, -0.2) is 17.9 Å². The first-order valence-corrected chi connectivity index (χ1v) is 5.80. The van der Waals surface area contributed by atoms with Gasteiger partial charge in [-0.25, -0.2) is 0 Å². The zero-order valence-electron chi connectivity index (χ0n) is 9.51. The van der Waals surface area contributed by atoms with Crippen molar-refractivity contribution in [2.75, 3.05) is 6.61 Å². The summed E-state index contributed by atoms with van der Waals surface area (Å²) < 4.78 is 40.4. The summed E-state index contributed by atoms with van der Waals surface area (Å²) in [4.78, 5) is 0. The van der Waals surface area contributed by atoms with Gasteiger partial charge in [0.05, 0.1) is 11.1 Å². The Bertz CT molecular complexity index is 340. The number of benzene rings is 1. The minimum Gasteiger partial charge on any atom is -0.483 e. The average molecular weight is 315 g/mol. The highest BCUT2D eigenvalue weighted by atomic mass is 79.9. The predicted molar refractivity (Wildman–Crippen MR) is 63.0 cm³/mol. The highest BCUT2D eigenvalue weighted by Gasteiger charge is 2.28. The van der Waals surface area contributed by atoms with Gasteiger partial charge in [0.1, 0.15) is 5.75 Å². The van der Waals surface area contributed by atoms with Crippen molar-refractivity contribution in [2.24, 2.45) is 0 Å². The van der Waals surface area contributed by atoms with Gasteiger partial charge < -0.3 is 9.84 Å². The van der Waals surface area contributed by atoms with Gasteiger partial charge >= 0.3 is 6.18 Å². The Morgan fingerprint density at radius 2 is 1.88 bits per heavy atom. The normalized spacial score (nSPS) is 10.5. The summed E-state index contributed by atoms with van der Waals surface area (Å²) in [5, 5.41) is 8.77. The number of alkyl halides is 3. The van der Waals surface area contributed by atoms with Crippen LogP contribution in [-0.2, 0) is 6.61 Å². The topological polar surface area (TPSA) is 29.5 Å². The lowest BCUT2D eigenvalue weighted by Gasteiger charge is -2.11. The highest BCUT2D eigenvalue weighted by Crippen LogP contribution is 2.27. The van der Waals surface area contributed by atoms with Gasteiger partial charge in [-0.05, 0) is 33.6 Å². The van der Waals surface area contributed by atoms with E-state index in [1.54, 1.807) is 0 Å². The summed E-state index contributed by atoms with van der Waals surface area (Å²) in [5.41, 5.74) is 0.598. The smallest absolute Gasteiger partial charge is 0.422 e. The maximum atomic E-state index is 11.8. The Morgan fingerprint density at radius 1 is 1.29 bits per heavy atom. The molecule has 0 aromatic heterocycles. The van der Waals surface area contributed by atoms with E-state index in [1.807, 2.05) is 13.8 Å². The number of aliphatic hydroxyl groups excluding tert-OH is 1. The van der Waals surface area contributed by atoms with Gasteiger partial charge in [-0.1, -0.05) is 19.9 Å². The molecule has 1 rings (SSSR count). The van der Waals surface area contributed by atoms with Crippen molar-refractivity contribution in [3.63, 3.8) is 0 Å². The van der Waals surface area contributed by atoms with Crippen molar-refractivity contribution < 1.29 is 23.0 Å². The van der Waals surface area contributed by atoms with Gasteiger partial charge in [-0.2, -0.15) is 13.2 Å². The van der Waals surface area contributed by atoms with Crippen molar-refractivity contribution in [2.45, 2.75) is 26.6 Å². The van der Waals surface area contributed by atoms with Gasteiger partial charge in [0.2, 0.25) is 0 Å². The van der Waals surface area contributed by atoms with E-state index in [2.05, 4.69) is 20.7 Å². The van der Waals surface area contributed by atoms with E-state index in [9.17, 15) is 13.2 Å². The molecule has 0 radical (unpaired) electrons. The number of aliphatic hydroxyl groups is 1. The molecule has 0 fully saturated rings. The van der Waals surface area contributed by atoms with Crippen LogP contribution in [0.25, 0.3) is 0 Å². The molecule has 1 N–H and O–H groups in total. The minimum atomic E-state index is -4.35. The van der Waals surface area contributed by atoms with E-state index < -0.39 is 12.8 Å². The van der Waals surface area contributed by atoms with Crippen LogP contribution in [0.3, 0.4) is 0 Å². The largest absolute Gasteiger partial charge is 0.483 e. The van der Waals surface area contributed by atoms with Gasteiger partial charge in [0.15, 0.2) is 6.61 Å². The number of hydrogen-bond donors (Lipinski definition) is 1. The first kappa shape index (κ1) is 16.2. The van der Waals surface area contributed by atoms with Gasteiger partial charge in [0.25, 0.3) is 0 Å². The SMILES string of the molecule is CC.OCc1ccc(OCC(F)(F)F)c(Br)c1. The standard InChI is InChI=1S/C9H8BrF3O2.C2H6/c10-7-3-6(4-14)1-2-8(7)15-5-9(11,12)13;1-2/h1-3,14H,4-5H2;1-2H3. The fourth-order valence-electron chi connectivity index (χ4n) is 0.919. The van der Waals surface area contributed by atoms with E-state index in [0.717, 1.165) is 0 Å². The summed E-state index contributed by atoms with van der Waals surface area (Å²) >= 11 is 3.05. The third-order valence-electron chi connectivity index (χ3n) is 1.57. The Hall–Kier alpha value is -0.750. The first-order valence-electron chi connectivity index (χ1n) is 5.01. The van der Waals surface area contributed by atoms with Crippen LogP contribution < -0.4 is 4.74 Å². The molecule has 17 heavy (non-hydrogen) atoms. The Balaban J connectivity index is 0.00000121. The zero-order chi connectivity index (χ0) is 13.5. The molecule has 0 atom stereocenters. The lowest BCUT2D eigenvalue weighted by molar-refractivity contribution is -0.153. The molecule has 0 aliphatic rings. The van der Waals surface area contributed by atoms with Crippen molar-refractivity contribution in [1.29, 1.82) is 0 Å². The fraction of sp³-hybridized carbons (Fsp3) is 0.455. The summed E-state index contributed by atoms with van der Waals surface area (Å²) in [6, 6.07) is 4.38. The quantitative estimate of drug-likeness (QED) is 0.916. The molecule has 0 spiro atoms.